The Morgan fingerprint density at radius 1 is 1.25 bits per heavy atom. The summed E-state index contributed by atoms with van der Waals surface area (Å²) in [4.78, 5) is 31.6. The predicted molar refractivity (Wildman–Crippen MR) is 74.3 cm³/mol. The van der Waals surface area contributed by atoms with E-state index >= 15 is 0 Å². The molecular formula is C13H14N6O. The van der Waals surface area contributed by atoms with Gasteiger partial charge in [-0.3, -0.25) is 4.79 Å². The number of rotatable bonds is 2. The van der Waals surface area contributed by atoms with Crippen LogP contribution in [0, 0.1) is 13.8 Å². The summed E-state index contributed by atoms with van der Waals surface area (Å²) >= 11 is 0. The third-order valence-electron chi connectivity index (χ3n) is 3.20. The van der Waals surface area contributed by atoms with E-state index in [9.17, 15) is 4.79 Å². The number of aromatic amines is 1. The van der Waals surface area contributed by atoms with Crippen molar-refractivity contribution in [3.63, 3.8) is 0 Å². The van der Waals surface area contributed by atoms with Gasteiger partial charge in [0.05, 0.1) is 17.6 Å². The van der Waals surface area contributed by atoms with Crippen molar-refractivity contribution in [1.82, 2.24) is 29.5 Å². The van der Waals surface area contributed by atoms with Crippen LogP contribution in [0.4, 0.5) is 0 Å². The van der Waals surface area contributed by atoms with Crippen LogP contribution in [0.1, 0.15) is 18.4 Å². The van der Waals surface area contributed by atoms with Crippen molar-refractivity contribution in [2.24, 2.45) is 0 Å². The van der Waals surface area contributed by atoms with E-state index in [0.717, 1.165) is 11.3 Å². The molecule has 3 heterocycles. The number of fused-ring (bicyclic) bond motifs is 1. The molecule has 0 amide bonds. The minimum Gasteiger partial charge on any atom is -0.311 e. The fourth-order valence-electron chi connectivity index (χ4n) is 2.26. The SMILES string of the molecule is CCn1c(-c2cnc(C)nc2C)nc2c(=O)[nH]cnc21. The van der Waals surface area contributed by atoms with Gasteiger partial charge in [-0.25, -0.2) is 19.9 Å². The summed E-state index contributed by atoms with van der Waals surface area (Å²) in [6.45, 7) is 6.39. The maximum Gasteiger partial charge on any atom is 0.278 e. The molecule has 0 saturated heterocycles. The van der Waals surface area contributed by atoms with Crippen LogP contribution >= 0.6 is 0 Å². The number of nitrogens with one attached hydrogen (secondary N) is 1. The summed E-state index contributed by atoms with van der Waals surface area (Å²) in [5.74, 6) is 1.38. The van der Waals surface area contributed by atoms with Gasteiger partial charge in [0.15, 0.2) is 11.2 Å². The summed E-state index contributed by atoms with van der Waals surface area (Å²) in [7, 11) is 0. The lowest BCUT2D eigenvalue weighted by molar-refractivity contribution is 0.783. The zero-order chi connectivity index (χ0) is 14.3. The first-order valence-electron chi connectivity index (χ1n) is 6.36. The number of aryl methyl sites for hydroxylation is 3. The van der Waals surface area contributed by atoms with E-state index in [1.165, 1.54) is 6.33 Å². The van der Waals surface area contributed by atoms with Gasteiger partial charge in [-0.05, 0) is 20.8 Å². The molecule has 0 radical (unpaired) electrons. The van der Waals surface area contributed by atoms with Crippen LogP contribution in [-0.4, -0.2) is 29.5 Å². The van der Waals surface area contributed by atoms with E-state index in [2.05, 4.69) is 24.9 Å². The summed E-state index contributed by atoms with van der Waals surface area (Å²) in [6, 6.07) is 0. The zero-order valence-corrected chi connectivity index (χ0v) is 11.5. The number of hydrogen-bond donors (Lipinski definition) is 1. The highest BCUT2D eigenvalue weighted by molar-refractivity contribution is 5.76. The van der Waals surface area contributed by atoms with E-state index in [1.54, 1.807) is 6.20 Å². The Morgan fingerprint density at radius 2 is 2.05 bits per heavy atom. The summed E-state index contributed by atoms with van der Waals surface area (Å²) < 4.78 is 1.89. The highest BCUT2D eigenvalue weighted by Crippen LogP contribution is 2.23. The molecule has 0 bridgehead atoms. The van der Waals surface area contributed by atoms with Gasteiger partial charge in [-0.2, -0.15) is 0 Å². The normalized spacial score (nSPS) is 11.2. The van der Waals surface area contributed by atoms with Crippen LogP contribution in [-0.2, 0) is 6.54 Å². The second-order valence-corrected chi connectivity index (χ2v) is 4.50. The molecule has 0 aliphatic rings. The van der Waals surface area contributed by atoms with Crippen molar-refractivity contribution in [3.05, 3.63) is 34.4 Å². The molecule has 0 spiro atoms. The lowest BCUT2D eigenvalue weighted by Crippen LogP contribution is -2.07. The van der Waals surface area contributed by atoms with Gasteiger partial charge in [0.25, 0.3) is 5.56 Å². The van der Waals surface area contributed by atoms with Crippen LogP contribution in [0.15, 0.2) is 17.3 Å². The highest BCUT2D eigenvalue weighted by Gasteiger charge is 2.17. The molecule has 102 valence electrons. The Morgan fingerprint density at radius 3 is 2.75 bits per heavy atom. The van der Waals surface area contributed by atoms with Gasteiger partial charge in [0.1, 0.15) is 11.6 Å². The predicted octanol–water partition coefficient (Wildman–Crippen LogP) is 1.21. The number of nitrogens with zero attached hydrogens (tertiary/aromatic N) is 5. The molecule has 0 aromatic carbocycles. The molecule has 3 aromatic rings. The molecule has 0 saturated carbocycles. The second-order valence-electron chi connectivity index (χ2n) is 4.50. The van der Waals surface area contributed by atoms with Crippen LogP contribution < -0.4 is 5.56 Å². The van der Waals surface area contributed by atoms with E-state index in [1.807, 2.05) is 25.3 Å². The molecule has 3 rings (SSSR count). The first-order valence-corrected chi connectivity index (χ1v) is 6.36. The monoisotopic (exact) mass is 270 g/mol. The van der Waals surface area contributed by atoms with Gasteiger partial charge in [-0.15, -0.1) is 0 Å². The van der Waals surface area contributed by atoms with Crippen molar-refractivity contribution in [1.29, 1.82) is 0 Å². The lowest BCUT2D eigenvalue weighted by atomic mass is 10.2. The molecule has 7 nitrogen and oxygen atoms in total. The Labute approximate surface area is 114 Å². The maximum absolute atomic E-state index is 11.8. The quantitative estimate of drug-likeness (QED) is 0.756. The average Bonchev–Trinajstić information content (AvgIpc) is 2.78. The molecule has 0 fully saturated rings. The second kappa shape index (κ2) is 4.52. The van der Waals surface area contributed by atoms with Gasteiger partial charge in [0, 0.05) is 12.7 Å². The van der Waals surface area contributed by atoms with E-state index in [4.69, 9.17) is 0 Å². The number of H-pyrrole nitrogens is 1. The third-order valence-corrected chi connectivity index (χ3v) is 3.20. The van der Waals surface area contributed by atoms with Gasteiger partial charge < -0.3 is 9.55 Å². The van der Waals surface area contributed by atoms with Crippen molar-refractivity contribution < 1.29 is 0 Å². The molecule has 1 N–H and O–H groups in total. The van der Waals surface area contributed by atoms with Crippen molar-refractivity contribution in [3.8, 4) is 11.4 Å². The van der Waals surface area contributed by atoms with Crippen LogP contribution in [0.3, 0.4) is 0 Å². The van der Waals surface area contributed by atoms with E-state index in [-0.39, 0.29) is 5.56 Å². The van der Waals surface area contributed by atoms with Crippen molar-refractivity contribution >= 4 is 11.2 Å². The molecule has 0 aliphatic carbocycles. The molecule has 0 aliphatic heterocycles. The molecule has 0 atom stereocenters. The highest BCUT2D eigenvalue weighted by atomic mass is 16.1. The minimum atomic E-state index is -0.242. The van der Waals surface area contributed by atoms with Crippen LogP contribution in [0.2, 0.25) is 0 Å². The summed E-state index contributed by atoms with van der Waals surface area (Å²) in [6.07, 6.45) is 3.13. The Hall–Kier alpha value is -2.57. The first-order chi connectivity index (χ1) is 9.61. The molecule has 0 unspecified atom stereocenters. The van der Waals surface area contributed by atoms with Gasteiger partial charge >= 0.3 is 0 Å². The Balaban J connectivity index is 2.36. The fourth-order valence-corrected chi connectivity index (χ4v) is 2.26. The molecule has 3 aromatic heterocycles. The van der Waals surface area contributed by atoms with E-state index in [0.29, 0.717) is 29.4 Å². The Bertz CT molecular complexity index is 848. The third kappa shape index (κ3) is 1.78. The standard InChI is InChI=1S/C13H14N6O/c1-4-19-11(9-5-14-8(3)17-7(9)2)18-10-12(19)15-6-16-13(10)20/h5-6H,4H2,1-3H3,(H,15,16,20). The van der Waals surface area contributed by atoms with E-state index < -0.39 is 0 Å². The summed E-state index contributed by atoms with van der Waals surface area (Å²) in [5.41, 5.74) is 2.32. The smallest absolute Gasteiger partial charge is 0.278 e. The maximum atomic E-state index is 11.8. The number of aromatic nitrogens is 6. The molecular weight excluding hydrogens is 256 g/mol. The topological polar surface area (TPSA) is 89.4 Å². The van der Waals surface area contributed by atoms with Gasteiger partial charge in [-0.1, -0.05) is 0 Å². The first kappa shape index (κ1) is 12.5. The molecule has 7 heteroatoms. The number of imidazole rings is 1. The Kier molecular flexibility index (Phi) is 2.81. The number of hydrogen-bond acceptors (Lipinski definition) is 5. The summed E-state index contributed by atoms with van der Waals surface area (Å²) in [5, 5.41) is 0. The zero-order valence-electron chi connectivity index (χ0n) is 11.5. The minimum absolute atomic E-state index is 0.242. The largest absolute Gasteiger partial charge is 0.311 e. The van der Waals surface area contributed by atoms with Crippen LogP contribution in [0.5, 0.6) is 0 Å². The van der Waals surface area contributed by atoms with Crippen molar-refractivity contribution in [2.75, 3.05) is 0 Å². The lowest BCUT2D eigenvalue weighted by Gasteiger charge is -2.07. The van der Waals surface area contributed by atoms with Crippen LogP contribution in [0.25, 0.3) is 22.6 Å². The average molecular weight is 270 g/mol. The van der Waals surface area contributed by atoms with Crippen molar-refractivity contribution in [2.45, 2.75) is 27.3 Å². The fraction of sp³-hybridized carbons (Fsp3) is 0.308. The molecule has 20 heavy (non-hydrogen) atoms. The van der Waals surface area contributed by atoms with Gasteiger partial charge in [0.2, 0.25) is 0 Å².